The third kappa shape index (κ3) is 3.49. The Morgan fingerprint density at radius 2 is 1.47 bits per heavy atom. The van der Waals surface area contributed by atoms with E-state index in [1.165, 1.54) is 12.8 Å². The first-order chi connectivity index (χ1) is 14.7. The number of fused-ring (bicyclic) bond motifs is 1. The van der Waals surface area contributed by atoms with Crippen LogP contribution in [0.3, 0.4) is 0 Å². The van der Waals surface area contributed by atoms with Crippen LogP contribution in [0.2, 0.25) is 0 Å². The van der Waals surface area contributed by atoms with E-state index in [1.54, 1.807) is 23.1 Å². The summed E-state index contributed by atoms with van der Waals surface area (Å²) in [6, 6.07) is 12.8. The zero-order valence-corrected chi connectivity index (χ0v) is 16.7. The van der Waals surface area contributed by atoms with Crippen molar-refractivity contribution in [3.8, 4) is 0 Å². The van der Waals surface area contributed by atoms with Gasteiger partial charge in [-0.15, -0.1) is 10.2 Å². The van der Waals surface area contributed by atoms with Crippen molar-refractivity contribution < 1.29 is 9.21 Å². The van der Waals surface area contributed by atoms with Crippen LogP contribution in [-0.4, -0.2) is 60.3 Å². The molecule has 2 aliphatic rings. The molecule has 1 aromatic carbocycles. The number of anilines is 2. The molecule has 0 spiro atoms. The van der Waals surface area contributed by atoms with Crippen molar-refractivity contribution >= 4 is 28.5 Å². The minimum absolute atomic E-state index is 0.0805. The summed E-state index contributed by atoms with van der Waals surface area (Å²) in [7, 11) is 0. The summed E-state index contributed by atoms with van der Waals surface area (Å²) in [6.07, 6.45) is 2.41. The van der Waals surface area contributed by atoms with Gasteiger partial charge in [-0.05, 0) is 37.1 Å². The van der Waals surface area contributed by atoms with E-state index in [1.807, 2.05) is 24.3 Å². The van der Waals surface area contributed by atoms with Gasteiger partial charge in [-0.1, -0.05) is 18.2 Å². The van der Waals surface area contributed by atoms with Crippen LogP contribution < -0.4 is 15.4 Å². The molecule has 30 heavy (non-hydrogen) atoms. The molecular weight excluding hydrogens is 382 g/mol. The van der Waals surface area contributed by atoms with Crippen molar-refractivity contribution in [3.63, 3.8) is 0 Å². The van der Waals surface area contributed by atoms with Crippen molar-refractivity contribution in [1.82, 2.24) is 15.1 Å². The SMILES string of the molecule is O=C(c1cc2ccccc2oc1=O)N1CCN(c2ccc(N3CCCC3)nn2)CC1. The summed E-state index contributed by atoms with van der Waals surface area (Å²) in [5.41, 5.74) is -0.0266. The van der Waals surface area contributed by atoms with Gasteiger partial charge in [-0.3, -0.25) is 4.79 Å². The monoisotopic (exact) mass is 405 g/mol. The maximum Gasteiger partial charge on any atom is 0.349 e. The molecule has 3 aromatic rings. The number of hydrogen-bond donors (Lipinski definition) is 0. The Morgan fingerprint density at radius 3 is 2.13 bits per heavy atom. The van der Waals surface area contributed by atoms with Crippen molar-refractivity contribution in [3.05, 3.63) is 58.4 Å². The standard InChI is InChI=1S/C22H23N5O3/c28-21(17-15-16-5-1-2-6-18(16)30-22(17)29)27-13-11-26(12-14-27)20-8-7-19(23-24-20)25-9-3-4-10-25/h1-2,5-8,15H,3-4,9-14H2. The van der Waals surface area contributed by atoms with Crippen LogP contribution in [-0.2, 0) is 0 Å². The zero-order valence-electron chi connectivity index (χ0n) is 16.7. The lowest BCUT2D eigenvalue weighted by atomic mass is 10.1. The second-order valence-electron chi connectivity index (χ2n) is 7.71. The minimum Gasteiger partial charge on any atom is -0.422 e. The second-order valence-corrected chi connectivity index (χ2v) is 7.71. The van der Waals surface area contributed by atoms with Crippen LogP contribution >= 0.6 is 0 Å². The Balaban J connectivity index is 1.26. The number of para-hydroxylation sites is 1. The largest absolute Gasteiger partial charge is 0.422 e. The molecule has 2 aromatic heterocycles. The van der Waals surface area contributed by atoms with Crippen molar-refractivity contribution in [2.45, 2.75) is 12.8 Å². The minimum atomic E-state index is -0.593. The molecule has 2 aliphatic heterocycles. The smallest absolute Gasteiger partial charge is 0.349 e. The average molecular weight is 405 g/mol. The molecule has 0 saturated carbocycles. The molecule has 0 bridgehead atoms. The molecule has 2 fully saturated rings. The predicted molar refractivity (Wildman–Crippen MR) is 114 cm³/mol. The molecule has 4 heterocycles. The van der Waals surface area contributed by atoms with Gasteiger partial charge in [0.05, 0.1) is 0 Å². The summed E-state index contributed by atoms with van der Waals surface area (Å²) < 4.78 is 5.31. The van der Waals surface area contributed by atoms with E-state index in [0.29, 0.717) is 31.8 Å². The number of nitrogens with zero attached hydrogens (tertiary/aromatic N) is 5. The average Bonchev–Trinajstić information content (AvgIpc) is 3.33. The number of benzene rings is 1. The first kappa shape index (κ1) is 18.6. The normalized spacial score (nSPS) is 17.0. The van der Waals surface area contributed by atoms with E-state index in [9.17, 15) is 9.59 Å². The number of aromatic nitrogens is 2. The lowest BCUT2D eigenvalue weighted by molar-refractivity contribution is 0.0742. The lowest BCUT2D eigenvalue weighted by Crippen LogP contribution is -2.49. The number of amides is 1. The molecule has 0 unspecified atom stereocenters. The molecule has 5 rings (SSSR count). The van der Waals surface area contributed by atoms with E-state index >= 15 is 0 Å². The van der Waals surface area contributed by atoms with Crippen LogP contribution in [0.15, 0.2) is 51.7 Å². The lowest BCUT2D eigenvalue weighted by Gasteiger charge is -2.35. The van der Waals surface area contributed by atoms with E-state index in [4.69, 9.17) is 4.42 Å². The molecular formula is C22H23N5O3. The summed E-state index contributed by atoms with van der Waals surface area (Å²) in [6.45, 7) is 4.39. The Bertz CT molecular complexity index is 1110. The highest BCUT2D eigenvalue weighted by Gasteiger charge is 2.26. The van der Waals surface area contributed by atoms with Crippen LogP contribution in [0.5, 0.6) is 0 Å². The molecule has 1 amide bonds. The fraction of sp³-hybridized carbons (Fsp3) is 0.364. The molecule has 2 saturated heterocycles. The van der Waals surface area contributed by atoms with Crippen LogP contribution in [0.25, 0.3) is 11.0 Å². The quantitative estimate of drug-likeness (QED) is 0.618. The van der Waals surface area contributed by atoms with E-state index in [2.05, 4.69) is 20.0 Å². The van der Waals surface area contributed by atoms with Gasteiger partial charge in [0, 0.05) is 44.7 Å². The highest BCUT2D eigenvalue weighted by molar-refractivity contribution is 5.96. The molecule has 0 radical (unpaired) electrons. The van der Waals surface area contributed by atoms with Gasteiger partial charge in [0.1, 0.15) is 11.1 Å². The Morgan fingerprint density at radius 1 is 0.833 bits per heavy atom. The number of rotatable bonds is 3. The Kier molecular flexibility index (Phi) is 4.82. The summed E-state index contributed by atoms with van der Waals surface area (Å²) in [4.78, 5) is 31.3. The number of carbonyl (C=O) groups excluding carboxylic acids is 1. The molecule has 8 nitrogen and oxygen atoms in total. The fourth-order valence-electron chi connectivity index (χ4n) is 4.12. The fourth-order valence-corrected chi connectivity index (χ4v) is 4.12. The highest BCUT2D eigenvalue weighted by atomic mass is 16.4. The van der Waals surface area contributed by atoms with E-state index in [0.717, 1.165) is 30.1 Å². The van der Waals surface area contributed by atoms with Crippen LogP contribution in [0, 0.1) is 0 Å². The van der Waals surface area contributed by atoms with Crippen molar-refractivity contribution in [2.24, 2.45) is 0 Å². The second kappa shape index (κ2) is 7.78. The van der Waals surface area contributed by atoms with Gasteiger partial charge >= 0.3 is 5.63 Å². The number of hydrogen-bond acceptors (Lipinski definition) is 7. The topological polar surface area (TPSA) is 82.8 Å². The van der Waals surface area contributed by atoms with Gasteiger partial charge in [0.15, 0.2) is 11.6 Å². The van der Waals surface area contributed by atoms with Crippen LogP contribution in [0.4, 0.5) is 11.6 Å². The van der Waals surface area contributed by atoms with E-state index in [-0.39, 0.29) is 11.5 Å². The van der Waals surface area contributed by atoms with Crippen molar-refractivity contribution in [1.29, 1.82) is 0 Å². The third-order valence-corrected chi connectivity index (χ3v) is 5.83. The van der Waals surface area contributed by atoms with Gasteiger partial charge in [-0.25, -0.2) is 4.79 Å². The van der Waals surface area contributed by atoms with Gasteiger partial charge in [-0.2, -0.15) is 0 Å². The first-order valence-corrected chi connectivity index (χ1v) is 10.3. The molecule has 8 heteroatoms. The van der Waals surface area contributed by atoms with Gasteiger partial charge in [0.2, 0.25) is 0 Å². The van der Waals surface area contributed by atoms with Crippen molar-refractivity contribution in [2.75, 3.05) is 49.1 Å². The maximum absolute atomic E-state index is 12.9. The van der Waals surface area contributed by atoms with Gasteiger partial charge < -0.3 is 19.1 Å². The number of piperazine rings is 1. The summed E-state index contributed by atoms with van der Waals surface area (Å²) >= 11 is 0. The molecule has 0 atom stereocenters. The van der Waals surface area contributed by atoms with Crippen LogP contribution in [0.1, 0.15) is 23.2 Å². The Labute approximate surface area is 173 Å². The Hall–Kier alpha value is -3.42. The maximum atomic E-state index is 12.9. The summed E-state index contributed by atoms with van der Waals surface area (Å²) in [5, 5.41) is 9.51. The van der Waals surface area contributed by atoms with E-state index < -0.39 is 5.63 Å². The first-order valence-electron chi connectivity index (χ1n) is 10.3. The predicted octanol–water partition coefficient (Wildman–Crippen LogP) is 2.15. The zero-order chi connectivity index (χ0) is 20.5. The molecule has 0 N–H and O–H groups in total. The summed E-state index contributed by atoms with van der Waals surface area (Å²) in [5.74, 6) is 1.45. The highest BCUT2D eigenvalue weighted by Crippen LogP contribution is 2.20. The molecule has 154 valence electrons. The third-order valence-electron chi connectivity index (χ3n) is 5.83. The molecule has 0 aliphatic carbocycles. The number of carbonyl (C=O) groups is 1. The van der Waals surface area contributed by atoms with Gasteiger partial charge in [0.25, 0.3) is 5.91 Å².